The standard InChI is InChI=1S/C22H23F3N4O/c1-15-5-3-8-19(16(15)2)29-11-9-28(10-12-29)14-20-26-21(27-30-20)17-6-4-7-18(13-17)22(23,24)25/h3-8,13H,9-12,14H2,1-2H3. The summed E-state index contributed by atoms with van der Waals surface area (Å²) in [7, 11) is 0. The van der Waals surface area contributed by atoms with Gasteiger partial charge in [0.15, 0.2) is 0 Å². The first-order valence-corrected chi connectivity index (χ1v) is 9.85. The zero-order valence-electron chi connectivity index (χ0n) is 16.9. The van der Waals surface area contributed by atoms with Gasteiger partial charge in [-0.15, -0.1) is 0 Å². The Kier molecular flexibility index (Phi) is 5.51. The number of halogens is 3. The second-order valence-electron chi connectivity index (χ2n) is 7.57. The van der Waals surface area contributed by atoms with E-state index in [1.807, 2.05) is 0 Å². The molecule has 2 heterocycles. The van der Waals surface area contributed by atoms with Crippen molar-refractivity contribution in [1.82, 2.24) is 15.0 Å². The summed E-state index contributed by atoms with van der Waals surface area (Å²) in [6.07, 6.45) is -4.40. The summed E-state index contributed by atoms with van der Waals surface area (Å²) >= 11 is 0. The molecule has 3 aromatic rings. The summed E-state index contributed by atoms with van der Waals surface area (Å²) in [6, 6.07) is 11.3. The number of aromatic nitrogens is 2. The average Bonchev–Trinajstić information content (AvgIpc) is 3.19. The molecule has 1 saturated heterocycles. The van der Waals surface area contributed by atoms with Gasteiger partial charge in [0.25, 0.3) is 0 Å². The van der Waals surface area contributed by atoms with Crippen LogP contribution >= 0.6 is 0 Å². The lowest BCUT2D eigenvalue weighted by atomic mass is 10.1. The molecule has 1 aliphatic heterocycles. The largest absolute Gasteiger partial charge is 0.416 e. The van der Waals surface area contributed by atoms with E-state index in [1.165, 1.54) is 22.9 Å². The predicted octanol–water partition coefficient (Wildman–Crippen LogP) is 4.69. The molecule has 1 fully saturated rings. The predicted molar refractivity (Wildman–Crippen MR) is 108 cm³/mol. The maximum absolute atomic E-state index is 12.9. The smallest absolute Gasteiger partial charge is 0.369 e. The van der Waals surface area contributed by atoms with Gasteiger partial charge in [0, 0.05) is 37.4 Å². The number of hydrogen-bond donors (Lipinski definition) is 0. The summed E-state index contributed by atoms with van der Waals surface area (Å²) in [5, 5.41) is 3.87. The Morgan fingerprint density at radius 2 is 1.73 bits per heavy atom. The Bertz CT molecular complexity index is 1020. The highest BCUT2D eigenvalue weighted by Crippen LogP contribution is 2.31. The van der Waals surface area contributed by atoms with Crippen LogP contribution in [0.15, 0.2) is 47.0 Å². The minimum atomic E-state index is -4.40. The van der Waals surface area contributed by atoms with E-state index >= 15 is 0 Å². The minimum Gasteiger partial charge on any atom is -0.369 e. The Hall–Kier alpha value is -2.87. The van der Waals surface area contributed by atoms with E-state index in [2.05, 4.69) is 52.0 Å². The highest BCUT2D eigenvalue weighted by atomic mass is 19.4. The number of piperazine rings is 1. The second kappa shape index (κ2) is 8.10. The SMILES string of the molecule is Cc1cccc(N2CCN(Cc3nc(-c4cccc(C(F)(F)F)c4)no3)CC2)c1C. The van der Waals surface area contributed by atoms with Crippen molar-refractivity contribution in [2.45, 2.75) is 26.6 Å². The van der Waals surface area contributed by atoms with Crippen LogP contribution in [0.1, 0.15) is 22.6 Å². The Balaban J connectivity index is 1.39. The van der Waals surface area contributed by atoms with Crippen molar-refractivity contribution in [3.63, 3.8) is 0 Å². The first kappa shape index (κ1) is 20.4. The summed E-state index contributed by atoms with van der Waals surface area (Å²) in [4.78, 5) is 8.89. The van der Waals surface area contributed by atoms with Crippen LogP contribution in [0.25, 0.3) is 11.4 Å². The van der Waals surface area contributed by atoms with E-state index in [-0.39, 0.29) is 5.82 Å². The molecule has 0 aliphatic carbocycles. The van der Waals surface area contributed by atoms with Gasteiger partial charge in [0.1, 0.15) is 0 Å². The lowest BCUT2D eigenvalue weighted by Crippen LogP contribution is -2.46. The molecule has 0 atom stereocenters. The van der Waals surface area contributed by atoms with Crippen molar-refractivity contribution in [1.29, 1.82) is 0 Å². The Morgan fingerprint density at radius 1 is 1.00 bits per heavy atom. The molecule has 0 amide bonds. The van der Waals surface area contributed by atoms with Gasteiger partial charge in [0.2, 0.25) is 11.7 Å². The van der Waals surface area contributed by atoms with Crippen molar-refractivity contribution >= 4 is 5.69 Å². The molecule has 5 nitrogen and oxygen atoms in total. The monoisotopic (exact) mass is 416 g/mol. The van der Waals surface area contributed by atoms with Gasteiger partial charge in [-0.25, -0.2) is 0 Å². The molecule has 2 aromatic carbocycles. The maximum Gasteiger partial charge on any atom is 0.416 e. The van der Waals surface area contributed by atoms with Gasteiger partial charge in [-0.2, -0.15) is 18.2 Å². The molecular weight excluding hydrogens is 393 g/mol. The highest BCUT2D eigenvalue weighted by molar-refractivity contribution is 5.57. The molecule has 0 unspecified atom stereocenters. The summed E-state index contributed by atoms with van der Waals surface area (Å²) in [6.45, 7) is 8.20. The molecule has 30 heavy (non-hydrogen) atoms. The van der Waals surface area contributed by atoms with Crippen LogP contribution in [-0.4, -0.2) is 41.2 Å². The second-order valence-corrected chi connectivity index (χ2v) is 7.57. The fourth-order valence-corrected chi connectivity index (χ4v) is 3.69. The van der Waals surface area contributed by atoms with Crippen LogP contribution < -0.4 is 4.90 Å². The lowest BCUT2D eigenvalue weighted by Gasteiger charge is -2.36. The van der Waals surface area contributed by atoms with Gasteiger partial charge >= 0.3 is 6.18 Å². The topological polar surface area (TPSA) is 45.4 Å². The quantitative estimate of drug-likeness (QED) is 0.617. The molecule has 1 aromatic heterocycles. The first-order chi connectivity index (χ1) is 14.3. The third-order valence-electron chi connectivity index (χ3n) is 5.56. The molecule has 158 valence electrons. The Morgan fingerprint density at radius 3 is 2.47 bits per heavy atom. The number of anilines is 1. The minimum absolute atomic E-state index is 0.171. The van der Waals surface area contributed by atoms with Crippen molar-refractivity contribution in [2.75, 3.05) is 31.1 Å². The number of nitrogens with zero attached hydrogens (tertiary/aromatic N) is 4. The fraction of sp³-hybridized carbons (Fsp3) is 0.364. The third kappa shape index (κ3) is 4.33. The van der Waals surface area contributed by atoms with E-state index < -0.39 is 11.7 Å². The lowest BCUT2D eigenvalue weighted by molar-refractivity contribution is -0.137. The summed E-state index contributed by atoms with van der Waals surface area (Å²) < 4.78 is 44.1. The van der Waals surface area contributed by atoms with Crippen molar-refractivity contribution < 1.29 is 17.7 Å². The number of aryl methyl sites for hydroxylation is 1. The normalized spacial score (nSPS) is 15.6. The maximum atomic E-state index is 12.9. The van der Waals surface area contributed by atoms with Gasteiger partial charge < -0.3 is 9.42 Å². The van der Waals surface area contributed by atoms with Gasteiger partial charge in [-0.1, -0.05) is 29.4 Å². The van der Waals surface area contributed by atoms with Gasteiger partial charge in [-0.05, 0) is 43.2 Å². The van der Waals surface area contributed by atoms with E-state index in [4.69, 9.17) is 4.52 Å². The molecule has 0 spiro atoms. The van der Waals surface area contributed by atoms with E-state index in [1.54, 1.807) is 6.07 Å². The van der Waals surface area contributed by atoms with E-state index in [0.29, 0.717) is 18.0 Å². The zero-order chi connectivity index (χ0) is 21.3. The van der Waals surface area contributed by atoms with E-state index in [9.17, 15) is 13.2 Å². The molecular formula is C22H23F3N4O. The molecule has 0 bridgehead atoms. The first-order valence-electron chi connectivity index (χ1n) is 9.85. The molecule has 0 N–H and O–H groups in total. The number of hydrogen-bond acceptors (Lipinski definition) is 5. The number of rotatable bonds is 4. The molecule has 0 radical (unpaired) electrons. The van der Waals surface area contributed by atoms with Crippen molar-refractivity contribution in [2.24, 2.45) is 0 Å². The third-order valence-corrected chi connectivity index (χ3v) is 5.56. The number of benzene rings is 2. The molecule has 1 aliphatic rings. The van der Waals surface area contributed by atoms with Crippen molar-refractivity contribution in [3.05, 3.63) is 65.0 Å². The average molecular weight is 416 g/mol. The molecule has 0 saturated carbocycles. The van der Waals surface area contributed by atoms with Crippen LogP contribution in [0, 0.1) is 13.8 Å². The van der Waals surface area contributed by atoms with Gasteiger partial charge in [0.05, 0.1) is 12.1 Å². The van der Waals surface area contributed by atoms with Crippen LogP contribution in [0.2, 0.25) is 0 Å². The summed E-state index contributed by atoms with van der Waals surface area (Å²) in [5.74, 6) is 0.577. The van der Waals surface area contributed by atoms with Crippen LogP contribution in [-0.2, 0) is 12.7 Å². The van der Waals surface area contributed by atoms with Crippen molar-refractivity contribution in [3.8, 4) is 11.4 Å². The van der Waals surface area contributed by atoms with E-state index in [0.717, 1.165) is 38.3 Å². The zero-order valence-corrected chi connectivity index (χ0v) is 16.9. The Labute approximate surface area is 173 Å². The number of alkyl halides is 3. The van der Waals surface area contributed by atoms with Gasteiger partial charge in [-0.3, -0.25) is 4.90 Å². The van der Waals surface area contributed by atoms with Crippen LogP contribution in [0.4, 0.5) is 18.9 Å². The van der Waals surface area contributed by atoms with Crippen LogP contribution in [0.5, 0.6) is 0 Å². The molecule has 4 rings (SSSR count). The summed E-state index contributed by atoms with van der Waals surface area (Å²) in [5.41, 5.74) is 3.41. The van der Waals surface area contributed by atoms with Crippen LogP contribution in [0.3, 0.4) is 0 Å². The fourth-order valence-electron chi connectivity index (χ4n) is 3.69. The molecule has 8 heteroatoms. The highest BCUT2D eigenvalue weighted by Gasteiger charge is 2.31.